The average Bonchev–Trinajstić information content (AvgIpc) is 2.28. The van der Waals surface area contributed by atoms with Crippen molar-refractivity contribution in [3.8, 4) is 0 Å². The summed E-state index contributed by atoms with van der Waals surface area (Å²) in [4.78, 5) is 15.7. The summed E-state index contributed by atoms with van der Waals surface area (Å²) < 4.78 is 0. The van der Waals surface area contributed by atoms with Crippen molar-refractivity contribution in [2.75, 3.05) is 47.3 Å². The first-order valence-electron chi connectivity index (χ1n) is 6.20. The number of nitrogens with one attached hydrogen (secondary N) is 1. The maximum Gasteiger partial charge on any atom is 0.236 e. The first-order chi connectivity index (χ1) is 7.63. The van der Waals surface area contributed by atoms with Gasteiger partial charge in [-0.15, -0.1) is 0 Å². The second-order valence-corrected chi connectivity index (χ2v) is 4.88. The minimum atomic E-state index is 0.190. The highest BCUT2D eigenvalue weighted by Crippen LogP contribution is 2.19. The normalized spacial score (nSPS) is 18.7. The van der Waals surface area contributed by atoms with Crippen LogP contribution in [0.5, 0.6) is 0 Å². The molecule has 0 saturated carbocycles. The number of rotatable bonds is 5. The third-order valence-electron chi connectivity index (χ3n) is 3.46. The average molecular weight is 227 g/mol. The van der Waals surface area contributed by atoms with Crippen LogP contribution in [0.4, 0.5) is 0 Å². The lowest BCUT2D eigenvalue weighted by molar-refractivity contribution is -0.129. The molecule has 0 aromatic heterocycles. The van der Waals surface area contributed by atoms with Crippen LogP contribution >= 0.6 is 0 Å². The molecule has 1 aliphatic heterocycles. The van der Waals surface area contributed by atoms with Gasteiger partial charge >= 0.3 is 0 Å². The number of piperidine rings is 1. The van der Waals surface area contributed by atoms with Gasteiger partial charge in [0.25, 0.3) is 0 Å². The number of hydrogen-bond donors (Lipinski definition) is 1. The molecular weight excluding hydrogens is 202 g/mol. The summed E-state index contributed by atoms with van der Waals surface area (Å²) in [6, 6.07) is 0. The number of hydrogen-bond acceptors (Lipinski definition) is 3. The summed E-state index contributed by atoms with van der Waals surface area (Å²) >= 11 is 0. The Bertz CT molecular complexity index is 212. The number of amides is 1. The standard InChI is InChI=1S/C12H25N3O/c1-13-10-12(16)15(3)9-6-11-4-7-14(2)8-5-11/h11,13H,4-10H2,1-3H3. The third kappa shape index (κ3) is 4.49. The molecule has 0 spiro atoms. The Labute approximate surface area is 99.0 Å². The molecular formula is C12H25N3O. The molecule has 0 radical (unpaired) electrons. The van der Waals surface area contributed by atoms with E-state index < -0.39 is 0 Å². The lowest BCUT2D eigenvalue weighted by atomic mass is 9.94. The van der Waals surface area contributed by atoms with E-state index in [-0.39, 0.29) is 5.91 Å². The number of carbonyl (C=O) groups is 1. The van der Waals surface area contributed by atoms with Crippen LogP contribution in [0.15, 0.2) is 0 Å². The van der Waals surface area contributed by atoms with Crippen molar-refractivity contribution in [1.82, 2.24) is 15.1 Å². The molecule has 1 fully saturated rings. The van der Waals surface area contributed by atoms with Crippen molar-refractivity contribution in [3.63, 3.8) is 0 Å². The van der Waals surface area contributed by atoms with Gasteiger partial charge in [0.05, 0.1) is 6.54 Å². The summed E-state index contributed by atoms with van der Waals surface area (Å²) in [5, 5.41) is 2.89. The lowest BCUT2D eigenvalue weighted by Gasteiger charge is -2.30. The largest absolute Gasteiger partial charge is 0.345 e. The molecule has 0 unspecified atom stereocenters. The van der Waals surface area contributed by atoms with Crippen molar-refractivity contribution in [2.45, 2.75) is 19.3 Å². The van der Waals surface area contributed by atoms with E-state index in [2.05, 4.69) is 17.3 Å². The molecule has 1 amide bonds. The second kappa shape index (κ2) is 6.86. The molecule has 1 heterocycles. The zero-order valence-electron chi connectivity index (χ0n) is 10.8. The second-order valence-electron chi connectivity index (χ2n) is 4.88. The number of nitrogens with zero attached hydrogens (tertiary/aromatic N) is 2. The van der Waals surface area contributed by atoms with Crippen LogP contribution in [0.25, 0.3) is 0 Å². The van der Waals surface area contributed by atoms with Gasteiger partial charge in [0.1, 0.15) is 0 Å². The summed E-state index contributed by atoms with van der Waals surface area (Å²) in [5.74, 6) is 0.997. The summed E-state index contributed by atoms with van der Waals surface area (Å²) in [5.41, 5.74) is 0. The lowest BCUT2D eigenvalue weighted by Crippen LogP contribution is -2.36. The van der Waals surface area contributed by atoms with Gasteiger partial charge in [-0.2, -0.15) is 0 Å². The van der Waals surface area contributed by atoms with Gasteiger partial charge < -0.3 is 15.1 Å². The van der Waals surface area contributed by atoms with Gasteiger partial charge in [-0.3, -0.25) is 4.79 Å². The van der Waals surface area contributed by atoms with Crippen molar-refractivity contribution >= 4 is 5.91 Å². The van der Waals surface area contributed by atoms with Crippen LogP contribution in [-0.4, -0.2) is 63.0 Å². The van der Waals surface area contributed by atoms with E-state index in [4.69, 9.17) is 0 Å². The van der Waals surface area contributed by atoms with Gasteiger partial charge in [-0.05, 0) is 52.4 Å². The maximum absolute atomic E-state index is 11.5. The Balaban J connectivity index is 2.16. The van der Waals surface area contributed by atoms with E-state index in [1.807, 2.05) is 19.0 Å². The summed E-state index contributed by atoms with van der Waals surface area (Å²) in [6.45, 7) is 3.76. The minimum Gasteiger partial charge on any atom is -0.345 e. The van der Waals surface area contributed by atoms with Gasteiger partial charge in [0, 0.05) is 13.6 Å². The molecule has 0 aliphatic carbocycles. The highest BCUT2D eigenvalue weighted by molar-refractivity contribution is 5.77. The zero-order valence-corrected chi connectivity index (χ0v) is 10.8. The first kappa shape index (κ1) is 13.5. The SMILES string of the molecule is CNCC(=O)N(C)CCC1CCN(C)CC1. The fraction of sp³-hybridized carbons (Fsp3) is 0.917. The molecule has 0 bridgehead atoms. The maximum atomic E-state index is 11.5. The summed E-state index contributed by atoms with van der Waals surface area (Å²) in [6.07, 6.45) is 3.72. The van der Waals surface area contributed by atoms with Crippen LogP contribution in [0.1, 0.15) is 19.3 Å². The molecule has 1 N–H and O–H groups in total. The minimum absolute atomic E-state index is 0.190. The quantitative estimate of drug-likeness (QED) is 0.738. The van der Waals surface area contributed by atoms with Crippen molar-refractivity contribution in [1.29, 1.82) is 0 Å². The van der Waals surface area contributed by atoms with Gasteiger partial charge in [0.15, 0.2) is 0 Å². The predicted octanol–water partition coefficient (Wildman–Crippen LogP) is 0.396. The number of likely N-dealkylation sites (tertiary alicyclic amines) is 1. The van der Waals surface area contributed by atoms with Crippen LogP contribution in [0.3, 0.4) is 0 Å². The topological polar surface area (TPSA) is 35.6 Å². The van der Waals surface area contributed by atoms with E-state index in [1.165, 1.54) is 25.9 Å². The smallest absolute Gasteiger partial charge is 0.236 e. The van der Waals surface area contributed by atoms with E-state index in [0.29, 0.717) is 6.54 Å². The van der Waals surface area contributed by atoms with Crippen molar-refractivity contribution in [2.24, 2.45) is 5.92 Å². The Morgan fingerprint density at radius 2 is 2.06 bits per heavy atom. The molecule has 4 nitrogen and oxygen atoms in total. The molecule has 1 saturated heterocycles. The molecule has 4 heteroatoms. The molecule has 1 rings (SSSR count). The predicted molar refractivity (Wildman–Crippen MR) is 66.4 cm³/mol. The molecule has 0 aromatic carbocycles. The van der Waals surface area contributed by atoms with Crippen LogP contribution in [0.2, 0.25) is 0 Å². The monoisotopic (exact) mass is 227 g/mol. The number of carbonyl (C=O) groups excluding carboxylic acids is 1. The summed E-state index contributed by atoms with van der Waals surface area (Å²) in [7, 11) is 5.89. The molecule has 1 aliphatic rings. The number of likely N-dealkylation sites (N-methyl/N-ethyl adjacent to an activating group) is 2. The molecule has 0 aromatic rings. The molecule has 16 heavy (non-hydrogen) atoms. The fourth-order valence-electron chi connectivity index (χ4n) is 2.14. The van der Waals surface area contributed by atoms with Gasteiger partial charge in [-0.25, -0.2) is 0 Å². The fourth-order valence-corrected chi connectivity index (χ4v) is 2.14. The van der Waals surface area contributed by atoms with Crippen molar-refractivity contribution < 1.29 is 4.79 Å². The molecule has 0 atom stereocenters. The third-order valence-corrected chi connectivity index (χ3v) is 3.46. The first-order valence-corrected chi connectivity index (χ1v) is 6.20. The van der Waals surface area contributed by atoms with E-state index in [9.17, 15) is 4.79 Å². The Kier molecular flexibility index (Phi) is 5.77. The Morgan fingerprint density at radius 3 is 2.62 bits per heavy atom. The van der Waals surface area contributed by atoms with Crippen LogP contribution < -0.4 is 5.32 Å². The Hall–Kier alpha value is -0.610. The van der Waals surface area contributed by atoms with Gasteiger partial charge in [-0.1, -0.05) is 0 Å². The Morgan fingerprint density at radius 1 is 1.44 bits per heavy atom. The highest BCUT2D eigenvalue weighted by Gasteiger charge is 2.17. The molecule has 94 valence electrons. The van der Waals surface area contributed by atoms with E-state index in [0.717, 1.165) is 18.9 Å². The van der Waals surface area contributed by atoms with E-state index in [1.54, 1.807) is 0 Å². The van der Waals surface area contributed by atoms with E-state index >= 15 is 0 Å². The van der Waals surface area contributed by atoms with Crippen molar-refractivity contribution in [3.05, 3.63) is 0 Å². The van der Waals surface area contributed by atoms with Crippen LogP contribution in [-0.2, 0) is 4.79 Å². The van der Waals surface area contributed by atoms with Crippen LogP contribution in [0, 0.1) is 5.92 Å². The van der Waals surface area contributed by atoms with Gasteiger partial charge in [0.2, 0.25) is 5.91 Å². The zero-order chi connectivity index (χ0) is 12.0. The highest BCUT2D eigenvalue weighted by atomic mass is 16.2.